The summed E-state index contributed by atoms with van der Waals surface area (Å²) in [5.41, 5.74) is -1.36. The van der Waals surface area contributed by atoms with E-state index >= 15 is 0 Å². The van der Waals surface area contributed by atoms with Crippen molar-refractivity contribution in [1.29, 1.82) is 0 Å². The Morgan fingerprint density at radius 1 is 1.00 bits per heavy atom. The third-order valence-corrected chi connectivity index (χ3v) is 3.93. The third-order valence-electron chi connectivity index (χ3n) is 2.74. The van der Waals surface area contributed by atoms with Crippen LogP contribution in [0.15, 0.2) is 47.4 Å². The first-order valence-corrected chi connectivity index (χ1v) is 7.56. The lowest BCUT2D eigenvalue weighted by Crippen LogP contribution is -2.27. The van der Waals surface area contributed by atoms with Crippen molar-refractivity contribution < 1.29 is 27.5 Å². The fraction of sp³-hybridized carbons (Fsp3) is 0. The van der Waals surface area contributed by atoms with Crippen LogP contribution in [0.1, 0.15) is 0 Å². The molecule has 0 atom stereocenters. The van der Waals surface area contributed by atoms with Crippen molar-refractivity contribution in [2.45, 2.75) is 4.90 Å². The van der Waals surface area contributed by atoms with Crippen LogP contribution in [-0.4, -0.2) is 18.3 Å². The molecule has 0 unspecified atom stereocenters. The van der Waals surface area contributed by atoms with Gasteiger partial charge in [-0.1, -0.05) is 0 Å². The highest BCUT2D eigenvalue weighted by molar-refractivity contribution is 7.89. The zero-order valence-electron chi connectivity index (χ0n) is 11.6. The van der Waals surface area contributed by atoms with Crippen molar-refractivity contribution in [3.63, 3.8) is 0 Å². The number of hydrogen-bond acceptors (Lipinski definition) is 7. The SMILES string of the molecule is O=[N+]([O-])c1ccc(ONS(=O)(=O)c2ccc(F)cc2)c([N+](=O)[O-])c1. The molecule has 0 aromatic heterocycles. The van der Waals surface area contributed by atoms with Crippen molar-refractivity contribution in [2.24, 2.45) is 0 Å². The Hall–Kier alpha value is -3.12. The van der Waals surface area contributed by atoms with Crippen LogP contribution >= 0.6 is 0 Å². The van der Waals surface area contributed by atoms with Crippen molar-refractivity contribution >= 4 is 21.4 Å². The Morgan fingerprint density at radius 3 is 2.17 bits per heavy atom. The Bertz CT molecular complexity index is 899. The van der Waals surface area contributed by atoms with Crippen LogP contribution in [0.2, 0.25) is 0 Å². The van der Waals surface area contributed by atoms with Gasteiger partial charge in [0.2, 0.25) is 5.75 Å². The van der Waals surface area contributed by atoms with Gasteiger partial charge in [-0.2, -0.15) is 0 Å². The predicted octanol–water partition coefficient (Wildman–Crippen LogP) is 1.91. The minimum atomic E-state index is -4.24. The summed E-state index contributed by atoms with van der Waals surface area (Å²) < 4.78 is 36.7. The second-order valence-corrected chi connectivity index (χ2v) is 5.95. The lowest BCUT2D eigenvalue weighted by molar-refractivity contribution is -0.394. The quantitative estimate of drug-likeness (QED) is 0.614. The summed E-state index contributed by atoms with van der Waals surface area (Å²) in [7, 11) is -4.24. The minimum Gasteiger partial charge on any atom is -0.386 e. The molecule has 1 N–H and O–H groups in total. The van der Waals surface area contributed by atoms with Crippen LogP contribution in [0.4, 0.5) is 15.8 Å². The molecule has 0 aliphatic carbocycles. The van der Waals surface area contributed by atoms with Gasteiger partial charge in [0.1, 0.15) is 5.82 Å². The largest absolute Gasteiger partial charge is 0.386 e. The van der Waals surface area contributed by atoms with Gasteiger partial charge in [0, 0.05) is 6.07 Å². The van der Waals surface area contributed by atoms with Gasteiger partial charge in [-0.3, -0.25) is 20.2 Å². The maximum atomic E-state index is 12.8. The number of benzene rings is 2. The molecule has 126 valence electrons. The molecule has 0 aliphatic heterocycles. The van der Waals surface area contributed by atoms with E-state index < -0.39 is 42.8 Å². The molecule has 2 aromatic carbocycles. The van der Waals surface area contributed by atoms with E-state index in [4.69, 9.17) is 0 Å². The molecule has 0 saturated heterocycles. The highest BCUT2D eigenvalue weighted by Gasteiger charge is 2.23. The summed E-state index contributed by atoms with van der Waals surface area (Å²) in [5.74, 6) is -1.20. The average molecular weight is 357 g/mol. The monoisotopic (exact) mass is 357 g/mol. The zero-order chi connectivity index (χ0) is 17.9. The highest BCUT2D eigenvalue weighted by atomic mass is 32.2. The van der Waals surface area contributed by atoms with Crippen molar-refractivity contribution in [3.05, 3.63) is 68.5 Å². The molecule has 24 heavy (non-hydrogen) atoms. The zero-order valence-corrected chi connectivity index (χ0v) is 12.4. The highest BCUT2D eigenvalue weighted by Crippen LogP contribution is 2.30. The fourth-order valence-electron chi connectivity index (χ4n) is 1.61. The molecular formula is C12H8FN3O7S. The number of non-ortho nitro benzene ring substituents is 1. The maximum absolute atomic E-state index is 12.8. The number of sulfonamides is 1. The number of nitro benzene ring substituents is 2. The van der Waals surface area contributed by atoms with E-state index in [1.807, 2.05) is 0 Å². The van der Waals surface area contributed by atoms with Crippen molar-refractivity contribution in [2.75, 3.05) is 0 Å². The third kappa shape index (κ3) is 3.80. The first-order chi connectivity index (χ1) is 11.2. The van der Waals surface area contributed by atoms with Crippen LogP contribution < -0.4 is 9.72 Å². The van der Waals surface area contributed by atoms with Crippen LogP contribution in [-0.2, 0) is 10.0 Å². The van der Waals surface area contributed by atoms with Gasteiger partial charge in [0.25, 0.3) is 15.7 Å². The number of hydrogen-bond donors (Lipinski definition) is 1. The molecule has 12 heteroatoms. The summed E-state index contributed by atoms with van der Waals surface area (Å²) in [6.45, 7) is 0. The molecule has 0 bridgehead atoms. The Morgan fingerprint density at radius 2 is 1.62 bits per heavy atom. The predicted molar refractivity (Wildman–Crippen MR) is 77.1 cm³/mol. The van der Waals surface area contributed by atoms with Crippen molar-refractivity contribution in [1.82, 2.24) is 4.89 Å². The van der Waals surface area contributed by atoms with Crippen LogP contribution in [0.25, 0.3) is 0 Å². The standard InChI is InChI=1S/C12H8FN3O7S/c13-8-1-4-10(5-2-8)24(21,22)14-23-12-6-3-9(15(17)18)7-11(12)16(19)20/h1-7,14H. The van der Waals surface area contributed by atoms with E-state index in [9.17, 15) is 33.0 Å². The Kier molecular flexibility index (Phi) is 4.71. The van der Waals surface area contributed by atoms with E-state index in [2.05, 4.69) is 4.84 Å². The normalized spacial score (nSPS) is 11.0. The first-order valence-electron chi connectivity index (χ1n) is 6.08. The van der Waals surface area contributed by atoms with Gasteiger partial charge in [-0.15, -0.1) is 0 Å². The average Bonchev–Trinajstić information content (AvgIpc) is 2.53. The molecule has 2 aromatic rings. The van der Waals surface area contributed by atoms with E-state index in [1.54, 1.807) is 4.89 Å². The Balaban J connectivity index is 2.26. The molecule has 0 radical (unpaired) electrons. The second kappa shape index (κ2) is 6.55. The van der Waals surface area contributed by atoms with E-state index in [1.165, 1.54) is 0 Å². The number of halogens is 1. The van der Waals surface area contributed by atoms with Gasteiger partial charge in [-0.05, 0) is 35.2 Å². The molecular weight excluding hydrogens is 349 g/mol. The molecule has 0 amide bonds. The molecule has 0 saturated carbocycles. The van der Waals surface area contributed by atoms with E-state index in [-0.39, 0.29) is 4.90 Å². The minimum absolute atomic E-state index is 0.339. The van der Waals surface area contributed by atoms with Crippen LogP contribution in [0.3, 0.4) is 0 Å². The molecule has 0 spiro atoms. The van der Waals surface area contributed by atoms with Gasteiger partial charge in [-0.25, -0.2) is 12.8 Å². The number of nitrogens with zero attached hydrogens (tertiary/aromatic N) is 2. The van der Waals surface area contributed by atoms with Gasteiger partial charge in [0.15, 0.2) is 0 Å². The van der Waals surface area contributed by atoms with Crippen molar-refractivity contribution in [3.8, 4) is 5.75 Å². The van der Waals surface area contributed by atoms with Gasteiger partial charge in [0.05, 0.1) is 20.8 Å². The van der Waals surface area contributed by atoms with Gasteiger partial charge >= 0.3 is 5.69 Å². The maximum Gasteiger partial charge on any atom is 0.320 e. The molecule has 0 aliphatic rings. The lowest BCUT2D eigenvalue weighted by Gasteiger charge is -2.08. The summed E-state index contributed by atoms with van der Waals surface area (Å²) in [5, 5.41) is 21.5. The number of nitrogens with one attached hydrogen (secondary N) is 1. The number of rotatable bonds is 6. The second-order valence-electron chi connectivity index (χ2n) is 4.31. The van der Waals surface area contributed by atoms with Gasteiger partial charge < -0.3 is 4.84 Å². The summed E-state index contributed by atoms with van der Waals surface area (Å²) in [6.07, 6.45) is 0. The van der Waals surface area contributed by atoms with E-state index in [0.29, 0.717) is 6.07 Å². The molecule has 0 fully saturated rings. The van der Waals surface area contributed by atoms with Crippen LogP contribution in [0.5, 0.6) is 5.75 Å². The Labute approximate surface area is 133 Å². The molecule has 10 nitrogen and oxygen atoms in total. The fourth-order valence-corrected chi connectivity index (χ4v) is 2.40. The topological polar surface area (TPSA) is 142 Å². The number of nitro groups is 2. The smallest absolute Gasteiger partial charge is 0.320 e. The summed E-state index contributed by atoms with van der Waals surface area (Å²) in [4.78, 5) is 25.7. The lowest BCUT2D eigenvalue weighted by atomic mass is 10.2. The summed E-state index contributed by atoms with van der Waals surface area (Å²) in [6, 6.07) is 6.15. The summed E-state index contributed by atoms with van der Waals surface area (Å²) >= 11 is 0. The molecule has 0 heterocycles. The first kappa shape index (κ1) is 17.2. The molecule has 2 rings (SSSR count). The van der Waals surface area contributed by atoms with Crippen LogP contribution in [0, 0.1) is 26.0 Å². The van der Waals surface area contributed by atoms with E-state index in [0.717, 1.165) is 36.4 Å².